The number of likely N-dealkylation sites (N-methyl/N-ethyl adjacent to an activating group) is 1. The van der Waals surface area contributed by atoms with E-state index in [2.05, 4.69) is 10.2 Å². The molecule has 0 radical (unpaired) electrons. The van der Waals surface area contributed by atoms with E-state index in [0.29, 0.717) is 6.61 Å². The standard InChI is InChI=1S/C14H20N2O2/c1-3-18-12-6-4-11(5-7-12)14(17)13-10-15-8-9-16(13)2/h4-7,13,15H,3,8-10H2,1-2H3. The second-order valence-electron chi connectivity index (χ2n) is 4.52. The molecule has 1 N–H and O–H groups in total. The van der Waals surface area contributed by atoms with E-state index in [1.807, 2.05) is 38.2 Å². The van der Waals surface area contributed by atoms with Crippen molar-refractivity contribution in [2.24, 2.45) is 0 Å². The Morgan fingerprint density at radius 3 is 2.78 bits per heavy atom. The van der Waals surface area contributed by atoms with Crippen LogP contribution in [0.4, 0.5) is 0 Å². The number of benzene rings is 1. The van der Waals surface area contributed by atoms with Gasteiger partial charge < -0.3 is 10.1 Å². The number of rotatable bonds is 4. The van der Waals surface area contributed by atoms with Gasteiger partial charge in [-0.05, 0) is 38.2 Å². The fourth-order valence-corrected chi connectivity index (χ4v) is 2.17. The van der Waals surface area contributed by atoms with Crippen LogP contribution in [0.5, 0.6) is 5.75 Å². The Labute approximate surface area is 108 Å². The van der Waals surface area contributed by atoms with E-state index in [1.165, 1.54) is 0 Å². The van der Waals surface area contributed by atoms with Crippen LogP contribution in [-0.4, -0.2) is 50.0 Å². The van der Waals surface area contributed by atoms with Gasteiger partial charge >= 0.3 is 0 Å². The Balaban J connectivity index is 2.08. The van der Waals surface area contributed by atoms with E-state index in [0.717, 1.165) is 30.9 Å². The lowest BCUT2D eigenvalue weighted by molar-refractivity contribution is 0.0819. The van der Waals surface area contributed by atoms with Gasteiger partial charge in [0.1, 0.15) is 5.75 Å². The number of piperazine rings is 1. The maximum Gasteiger partial charge on any atom is 0.181 e. The zero-order chi connectivity index (χ0) is 13.0. The Kier molecular flexibility index (Phi) is 4.33. The summed E-state index contributed by atoms with van der Waals surface area (Å²) in [6.45, 7) is 5.17. The first-order chi connectivity index (χ1) is 8.72. The summed E-state index contributed by atoms with van der Waals surface area (Å²) in [5.74, 6) is 0.983. The van der Waals surface area contributed by atoms with E-state index < -0.39 is 0 Å². The van der Waals surface area contributed by atoms with Crippen LogP contribution in [0, 0.1) is 0 Å². The van der Waals surface area contributed by atoms with Crippen LogP contribution >= 0.6 is 0 Å². The summed E-state index contributed by atoms with van der Waals surface area (Å²) >= 11 is 0. The maximum absolute atomic E-state index is 12.4. The van der Waals surface area contributed by atoms with E-state index in [1.54, 1.807) is 0 Å². The molecule has 1 aliphatic rings. The zero-order valence-electron chi connectivity index (χ0n) is 11.0. The number of ketones is 1. The van der Waals surface area contributed by atoms with Crippen LogP contribution < -0.4 is 10.1 Å². The molecular formula is C14H20N2O2. The summed E-state index contributed by atoms with van der Waals surface area (Å²) < 4.78 is 5.37. The molecule has 1 aromatic rings. The molecule has 1 saturated heterocycles. The molecule has 1 atom stereocenters. The van der Waals surface area contributed by atoms with Gasteiger partial charge in [0.05, 0.1) is 12.6 Å². The monoisotopic (exact) mass is 248 g/mol. The molecule has 1 fully saturated rings. The highest BCUT2D eigenvalue weighted by Crippen LogP contribution is 2.15. The fourth-order valence-electron chi connectivity index (χ4n) is 2.17. The third-order valence-electron chi connectivity index (χ3n) is 3.26. The largest absolute Gasteiger partial charge is 0.494 e. The summed E-state index contributed by atoms with van der Waals surface area (Å²) in [5, 5.41) is 3.26. The average molecular weight is 248 g/mol. The minimum absolute atomic E-state index is 0.0586. The van der Waals surface area contributed by atoms with Crippen molar-refractivity contribution in [2.75, 3.05) is 33.3 Å². The van der Waals surface area contributed by atoms with Gasteiger partial charge in [0.2, 0.25) is 0 Å². The van der Waals surface area contributed by atoms with Gasteiger partial charge in [0, 0.05) is 25.2 Å². The Hall–Kier alpha value is -1.39. The zero-order valence-corrected chi connectivity index (χ0v) is 11.0. The van der Waals surface area contributed by atoms with Crippen molar-refractivity contribution in [2.45, 2.75) is 13.0 Å². The summed E-state index contributed by atoms with van der Waals surface area (Å²) in [4.78, 5) is 14.5. The molecule has 1 aliphatic heterocycles. The topological polar surface area (TPSA) is 41.6 Å². The average Bonchev–Trinajstić information content (AvgIpc) is 2.40. The molecule has 1 unspecified atom stereocenters. The van der Waals surface area contributed by atoms with Crippen molar-refractivity contribution in [1.29, 1.82) is 0 Å². The molecule has 0 bridgehead atoms. The number of carbonyl (C=O) groups is 1. The van der Waals surface area contributed by atoms with Gasteiger partial charge in [-0.3, -0.25) is 9.69 Å². The molecule has 1 aromatic carbocycles. The first-order valence-electron chi connectivity index (χ1n) is 6.40. The van der Waals surface area contributed by atoms with Gasteiger partial charge in [-0.25, -0.2) is 0 Å². The van der Waals surface area contributed by atoms with Crippen molar-refractivity contribution < 1.29 is 9.53 Å². The van der Waals surface area contributed by atoms with Gasteiger partial charge in [-0.1, -0.05) is 0 Å². The second kappa shape index (κ2) is 5.98. The Morgan fingerprint density at radius 2 is 2.17 bits per heavy atom. The summed E-state index contributed by atoms with van der Waals surface area (Å²) in [6.07, 6.45) is 0. The number of ether oxygens (including phenoxy) is 1. The maximum atomic E-state index is 12.4. The molecule has 98 valence electrons. The normalized spacial score (nSPS) is 20.7. The first kappa shape index (κ1) is 13.1. The molecule has 2 rings (SSSR count). The summed E-state index contributed by atoms with van der Waals surface area (Å²) in [6, 6.07) is 7.34. The molecule has 0 aromatic heterocycles. The minimum atomic E-state index is -0.0586. The van der Waals surface area contributed by atoms with Crippen molar-refractivity contribution in [3.8, 4) is 5.75 Å². The van der Waals surface area contributed by atoms with E-state index in [9.17, 15) is 4.79 Å². The van der Waals surface area contributed by atoms with Gasteiger partial charge in [-0.2, -0.15) is 0 Å². The lowest BCUT2D eigenvalue weighted by atomic mass is 10.0. The molecule has 4 heteroatoms. The van der Waals surface area contributed by atoms with Crippen LogP contribution in [0.1, 0.15) is 17.3 Å². The van der Waals surface area contributed by atoms with Crippen LogP contribution in [0.3, 0.4) is 0 Å². The van der Waals surface area contributed by atoms with Crippen molar-refractivity contribution in [3.63, 3.8) is 0 Å². The quantitative estimate of drug-likeness (QED) is 0.812. The second-order valence-corrected chi connectivity index (χ2v) is 4.52. The molecule has 0 aliphatic carbocycles. The number of carbonyl (C=O) groups excluding carboxylic acids is 1. The van der Waals surface area contributed by atoms with Crippen LogP contribution in [0.25, 0.3) is 0 Å². The molecule has 0 spiro atoms. The van der Waals surface area contributed by atoms with Crippen molar-refractivity contribution in [3.05, 3.63) is 29.8 Å². The highest BCUT2D eigenvalue weighted by molar-refractivity contribution is 6.00. The summed E-state index contributed by atoms with van der Waals surface area (Å²) in [5.41, 5.74) is 0.749. The molecule has 0 amide bonds. The van der Waals surface area contributed by atoms with E-state index in [-0.39, 0.29) is 11.8 Å². The fraction of sp³-hybridized carbons (Fsp3) is 0.500. The molecule has 18 heavy (non-hydrogen) atoms. The predicted molar refractivity (Wildman–Crippen MR) is 71.2 cm³/mol. The van der Waals surface area contributed by atoms with Crippen molar-refractivity contribution >= 4 is 5.78 Å². The van der Waals surface area contributed by atoms with Gasteiger partial charge in [0.25, 0.3) is 0 Å². The van der Waals surface area contributed by atoms with Crippen molar-refractivity contribution in [1.82, 2.24) is 10.2 Å². The Morgan fingerprint density at radius 1 is 1.44 bits per heavy atom. The van der Waals surface area contributed by atoms with Crippen LogP contribution in [0.15, 0.2) is 24.3 Å². The number of hydrogen-bond donors (Lipinski definition) is 1. The van der Waals surface area contributed by atoms with Crippen LogP contribution in [-0.2, 0) is 0 Å². The number of nitrogens with one attached hydrogen (secondary N) is 1. The molecule has 1 heterocycles. The number of nitrogens with zero attached hydrogens (tertiary/aromatic N) is 1. The lowest BCUT2D eigenvalue weighted by Crippen LogP contribution is -2.53. The minimum Gasteiger partial charge on any atom is -0.494 e. The molecule has 4 nitrogen and oxygen atoms in total. The third kappa shape index (κ3) is 2.89. The highest BCUT2D eigenvalue weighted by atomic mass is 16.5. The number of Topliss-reactive ketones (excluding diaryl/α,β-unsaturated/α-hetero) is 1. The van der Waals surface area contributed by atoms with Gasteiger partial charge in [0.15, 0.2) is 5.78 Å². The Bertz CT molecular complexity index is 403. The first-order valence-corrected chi connectivity index (χ1v) is 6.40. The molecule has 0 saturated carbocycles. The van der Waals surface area contributed by atoms with Crippen LogP contribution in [0.2, 0.25) is 0 Å². The van der Waals surface area contributed by atoms with E-state index in [4.69, 9.17) is 4.74 Å². The smallest absolute Gasteiger partial charge is 0.181 e. The molecular weight excluding hydrogens is 228 g/mol. The predicted octanol–water partition coefficient (Wildman–Crippen LogP) is 1.17. The number of hydrogen-bond acceptors (Lipinski definition) is 4. The van der Waals surface area contributed by atoms with E-state index >= 15 is 0 Å². The SMILES string of the molecule is CCOc1ccc(C(=O)C2CNCCN2C)cc1. The third-order valence-corrected chi connectivity index (χ3v) is 3.26. The highest BCUT2D eigenvalue weighted by Gasteiger charge is 2.26. The lowest BCUT2D eigenvalue weighted by Gasteiger charge is -2.31. The van der Waals surface area contributed by atoms with Gasteiger partial charge in [-0.15, -0.1) is 0 Å². The summed E-state index contributed by atoms with van der Waals surface area (Å²) in [7, 11) is 2.00.